The second-order valence-electron chi connectivity index (χ2n) is 3.95. The highest BCUT2D eigenvalue weighted by molar-refractivity contribution is 5.98. The first-order valence-corrected chi connectivity index (χ1v) is 5.53. The average Bonchev–Trinajstić information content (AvgIpc) is 2.36. The molecule has 86 valence electrons. The molecule has 1 amide bonds. The van der Waals surface area contributed by atoms with Crippen LogP contribution in [0.25, 0.3) is 0 Å². The van der Waals surface area contributed by atoms with Crippen molar-refractivity contribution in [2.24, 2.45) is 0 Å². The van der Waals surface area contributed by atoms with Crippen molar-refractivity contribution in [3.63, 3.8) is 0 Å². The summed E-state index contributed by atoms with van der Waals surface area (Å²) in [5.41, 5.74) is 5.66. The summed E-state index contributed by atoms with van der Waals surface area (Å²) >= 11 is 0. The molecule has 0 unspecified atom stereocenters. The van der Waals surface area contributed by atoms with E-state index in [1.165, 1.54) is 0 Å². The van der Waals surface area contributed by atoms with Crippen molar-refractivity contribution >= 4 is 5.91 Å². The van der Waals surface area contributed by atoms with Gasteiger partial charge in [0.25, 0.3) is 0 Å². The SMILES string of the molecule is Cc1ccc[n+](NC(=O)c2ccccc2)c1C. The maximum absolute atomic E-state index is 11.9. The Morgan fingerprint density at radius 3 is 2.47 bits per heavy atom. The van der Waals surface area contributed by atoms with E-state index in [-0.39, 0.29) is 5.91 Å². The second-order valence-corrected chi connectivity index (χ2v) is 3.95. The van der Waals surface area contributed by atoms with E-state index in [1.54, 1.807) is 16.8 Å². The highest BCUT2D eigenvalue weighted by Crippen LogP contribution is 2.00. The number of hydrogen-bond donors (Lipinski definition) is 1. The van der Waals surface area contributed by atoms with Crippen LogP contribution in [0.5, 0.6) is 0 Å². The van der Waals surface area contributed by atoms with E-state index in [4.69, 9.17) is 0 Å². The Morgan fingerprint density at radius 1 is 1.06 bits per heavy atom. The molecule has 0 atom stereocenters. The monoisotopic (exact) mass is 227 g/mol. The van der Waals surface area contributed by atoms with Gasteiger partial charge in [-0.25, -0.2) is 0 Å². The number of amides is 1. The number of hydrogen-bond acceptors (Lipinski definition) is 1. The van der Waals surface area contributed by atoms with Crippen LogP contribution in [0, 0.1) is 13.8 Å². The fraction of sp³-hybridized carbons (Fsp3) is 0.143. The molecule has 1 heterocycles. The zero-order chi connectivity index (χ0) is 12.3. The van der Waals surface area contributed by atoms with Gasteiger partial charge in [0.1, 0.15) is 0 Å². The highest BCUT2D eigenvalue weighted by Gasteiger charge is 2.13. The fourth-order valence-corrected chi connectivity index (χ4v) is 1.58. The summed E-state index contributed by atoms with van der Waals surface area (Å²) in [6.07, 6.45) is 1.84. The minimum atomic E-state index is -0.107. The number of carbonyl (C=O) groups excluding carboxylic acids is 1. The first kappa shape index (κ1) is 11.3. The van der Waals surface area contributed by atoms with E-state index in [0.717, 1.165) is 11.3 Å². The first-order valence-electron chi connectivity index (χ1n) is 5.53. The number of nitrogens with one attached hydrogen (secondary N) is 1. The molecule has 0 saturated carbocycles. The zero-order valence-electron chi connectivity index (χ0n) is 9.97. The van der Waals surface area contributed by atoms with Gasteiger partial charge in [-0.15, -0.1) is 5.43 Å². The van der Waals surface area contributed by atoms with Gasteiger partial charge in [-0.05, 0) is 25.1 Å². The highest BCUT2D eigenvalue weighted by atomic mass is 16.2. The molecule has 1 N–H and O–H groups in total. The number of rotatable bonds is 2. The summed E-state index contributed by atoms with van der Waals surface area (Å²) in [4.78, 5) is 11.9. The molecule has 2 rings (SSSR count). The van der Waals surface area contributed by atoms with Gasteiger partial charge in [0.2, 0.25) is 5.69 Å². The molecule has 17 heavy (non-hydrogen) atoms. The molecule has 1 aromatic heterocycles. The smallest absolute Gasteiger partial charge is 0.264 e. The van der Waals surface area contributed by atoms with E-state index in [1.807, 2.05) is 50.4 Å². The van der Waals surface area contributed by atoms with Crippen molar-refractivity contribution in [1.29, 1.82) is 0 Å². The maximum Gasteiger partial charge on any atom is 0.305 e. The van der Waals surface area contributed by atoms with Gasteiger partial charge in [-0.3, -0.25) is 4.79 Å². The molecule has 0 aliphatic carbocycles. The van der Waals surface area contributed by atoms with Gasteiger partial charge in [-0.1, -0.05) is 22.9 Å². The lowest BCUT2D eigenvalue weighted by molar-refractivity contribution is -0.648. The normalized spacial score (nSPS) is 10.0. The lowest BCUT2D eigenvalue weighted by Gasteiger charge is -2.03. The Labute approximate surface area is 101 Å². The number of carbonyl (C=O) groups is 1. The zero-order valence-corrected chi connectivity index (χ0v) is 9.97. The molecule has 0 radical (unpaired) electrons. The Hall–Kier alpha value is -2.16. The van der Waals surface area contributed by atoms with Crippen molar-refractivity contribution in [3.05, 3.63) is 65.5 Å². The molecule has 0 aliphatic heterocycles. The molecule has 0 spiro atoms. The molecule has 1 aromatic carbocycles. The quantitative estimate of drug-likeness (QED) is 0.782. The number of pyridine rings is 1. The van der Waals surface area contributed by atoms with Crippen LogP contribution in [0.1, 0.15) is 21.6 Å². The van der Waals surface area contributed by atoms with Crippen molar-refractivity contribution in [2.45, 2.75) is 13.8 Å². The molecule has 2 aromatic rings. The van der Waals surface area contributed by atoms with Crippen LogP contribution in [-0.4, -0.2) is 5.91 Å². The van der Waals surface area contributed by atoms with Crippen LogP contribution < -0.4 is 10.1 Å². The largest absolute Gasteiger partial charge is 0.305 e. The van der Waals surface area contributed by atoms with E-state index < -0.39 is 0 Å². The summed E-state index contributed by atoms with van der Waals surface area (Å²) in [5, 5.41) is 0. The molecule has 0 bridgehead atoms. The summed E-state index contributed by atoms with van der Waals surface area (Å²) < 4.78 is 1.74. The van der Waals surface area contributed by atoms with Crippen molar-refractivity contribution in [2.75, 3.05) is 5.43 Å². The van der Waals surface area contributed by atoms with Gasteiger partial charge in [0, 0.05) is 24.1 Å². The van der Waals surface area contributed by atoms with E-state index in [0.29, 0.717) is 5.56 Å². The van der Waals surface area contributed by atoms with Crippen LogP contribution in [0.2, 0.25) is 0 Å². The van der Waals surface area contributed by atoms with Gasteiger partial charge >= 0.3 is 5.91 Å². The van der Waals surface area contributed by atoms with Crippen LogP contribution in [0.15, 0.2) is 48.7 Å². The topological polar surface area (TPSA) is 33.0 Å². The third kappa shape index (κ3) is 2.50. The van der Waals surface area contributed by atoms with Crippen molar-refractivity contribution in [3.8, 4) is 0 Å². The standard InChI is InChI=1S/C14H14N2O/c1-11-7-6-10-16(12(11)2)15-14(17)13-8-4-3-5-9-13/h3-10H,1-2H3/p+1. The van der Waals surface area contributed by atoms with Gasteiger partial charge in [0.05, 0.1) is 0 Å². The third-order valence-corrected chi connectivity index (χ3v) is 2.77. The maximum atomic E-state index is 11.9. The third-order valence-electron chi connectivity index (χ3n) is 2.77. The van der Waals surface area contributed by atoms with Gasteiger partial charge < -0.3 is 0 Å². The summed E-state index contributed by atoms with van der Waals surface area (Å²) in [7, 11) is 0. The molecular formula is C14H15N2O+. The molecule has 0 fully saturated rings. The van der Waals surface area contributed by atoms with Crippen LogP contribution >= 0.6 is 0 Å². The van der Waals surface area contributed by atoms with E-state index in [2.05, 4.69) is 5.43 Å². The number of aromatic nitrogens is 1. The fourth-order valence-electron chi connectivity index (χ4n) is 1.58. The Morgan fingerprint density at radius 2 is 1.76 bits per heavy atom. The predicted molar refractivity (Wildman–Crippen MR) is 66.2 cm³/mol. The van der Waals surface area contributed by atoms with Crippen LogP contribution in [-0.2, 0) is 0 Å². The second kappa shape index (κ2) is 4.78. The lowest BCUT2D eigenvalue weighted by atomic mass is 10.2. The van der Waals surface area contributed by atoms with Gasteiger partial charge in [-0.2, -0.15) is 0 Å². The number of nitrogens with zero attached hydrogens (tertiary/aromatic N) is 1. The number of aryl methyl sites for hydroxylation is 1. The predicted octanol–water partition coefficient (Wildman–Crippen LogP) is 1.97. The van der Waals surface area contributed by atoms with E-state index >= 15 is 0 Å². The Bertz CT molecular complexity index is 535. The summed E-state index contributed by atoms with van der Waals surface area (Å²) in [5.74, 6) is -0.107. The molecule has 3 nitrogen and oxygen atoms in total. The molecule has 3 heteroatoms. The van der Waals surface area contributed by atoms with Crippen molar-refractivity contribution < 1.29 is 9.47 Å². The van der Waals surface area contributed by atoms with Crippen LogP contribution in [0.3, 0.4) is 0 Å². The average molecular weight is 227 g/mol. The molecular weight excluding hydrogens is 212 g/mol. The minimum absolute atomic E-state index is 0.107. The minimum Gasteiger partial charge on any atom is -0.264 e. The Balaban J connectivity index is 2.22. The first-order chi connectivity index (χ1) is 8.18. The molecule has 0 saturated heterocycles. The lowest BCUT2D eigenvalue weighted by Crippen LogP contribution is -2.50. The molecule has 0 aliphatic rings. The van der Waals surface area contributed by atoms with E-state index in [9.17, 15) is 4.79 Å². The summed E-state index contributed by atoms with van der Waals surface area (Å²) in [6.45, 7) is 3.99. The summed E-state index contributed by atoms with van der Waals surface area (Å²) in [6, 6.07) is 13.1. The van der Waals surface area contributed by atoms with Crippen LogP contribution in [0.4, 0.5) is 0 Å². The van der Waals surface area contributed by atoms with Gasteiger partial charge in [0.15, 0.2) is 6.20 Å². The number of benzene rings is 1. The van der Waals surface area contributed by atoms with Crippen molar-refractivity contribution in [1.82, 2.24) is 0 Å². The Kier molecular flexibility index (Phi) is 3.19.